The Morgan fingerprint density at radius 2 is 1.64 bits per heavy atom. The number of halogens is 1. The minimum absolute atomic E-state index is 0. The topological polar surface area (TPSA) is 52.7 Å². The number of rotatable bonds is 4. The molecule has 2 atom stereocenters. The van der Waals surface area contributed by atoms with Crippen molar-refractivity contribution < 1.29 is 9.59 Å². The first-order valence-corrected chi connectivity index (χ1v) is 8.88. The number of hydrogen-bond donors (Lipinski definition) is 1. The SMILES string of the molecule is CCN(C)C(=O)c1cccc(C(=O)N(C)C2CC3CCC(C2)N3)c1.Cl. The van der Waals surface area contributed by atoms with E-state index >= 15 is 0 Å². The van der Waals surface area contributed by atoms with E-state index in [0.717, 1.165) is 12.8 Å². The Balaban J connectivity index is 0.00000225. The van der Waals surface area contributed by atoms with Crippen molar-refractivity contribution in [3.05, 3.63) is 35.4 Å². The smallest absolute Gasteiger partial charge is 0.253 e. The van der Waals surface area contributed by atoms with Crippen LogP contribution >= 0.6 is 12.4 Å². The monoisotopic (exact) mass is 365 g/mol. The highest BCUT2D eigenvalue weighted by Gasteiger charge is 2.36. The van der Waals surface area contributed by atoms with Crippen LogP contribution in [0.3, 0.4) is 0 Å². The molecule has 25 heavy (non-hydrogen) atoms. The molecule has 2 bridgehead atoms. The lowest BCUT2D eigenvalue weighted by Crippen LogP contribution is -2.48. The highest BCUT2D eigenvalue weighted by atomic mass is 35.5. The first-order chi connectivity index (χ1) is 11.5. The zero-order valence-corrected chi connectivity index (χ0v) is 16.0. The minimum atomic E-state index is -0.0466. The predicted octanol–water partition coefficient (Wildman–Crippen LogP) is 2.56. The molecule has 2 aliphatic rings. The Labute approximate surface area is 156 Å². The molecule has 1 aromatic rings. The molecule has 1 N–H and O–H groups in total. The van der Waals surface area contributed by atoms with Gasteiger partial charge in [0, 0.05) is 49.9 Å². The van der Waals surface area contributed by atoms with Gasteiger partial charge in [-0.25, -0.2) is 0 Å². The molecular formula is C19H28ClN3O2. The van der Waals surface area contributed by atoms with Crippen molar-refractivity contribution in [1.82, 2.24) is 15.1 Å². The van der Waals surface area contributed by atoms with Crippen molar-refractivity contribution in [2.24, 2.45) is 0 Å². The fraction of sp³-hybridized carbons (Fsp3) is 0.579. The van der Waals surface area contributed by atoms with E-state index in [4.69, 9.17) is 0 Å². The van der Waals surface area contributed by atoms with Crippen molar-refractivity contribution in [2.75, 3.05) is 20.6 Å². The number of hydrogen-bond acceptors (Lipinski definition) is 3. The fourth-order valence-corrected chi connectivity index (χ4v) is 3.86. The molecule has 3 rings (SSSR count). The Kier molecular flexibility index (Phi) is 6.47. The average molecular weight is 366 g/mol. The molecule has 138 valence electrons. The molecule has 0 spiro atoms. The number of carbonyl (C=O) groups is 2. The van der Waals surface area contributed by atoms with E-state index in [1.54, 1.807) is 36.2 Å². The number of piperidine rings is 1. The molecule has 0 aliphatic carbocycles. The lowest BCUT2D eigenvalue weighted by atomic mass is 9.97. The van der Waals surface area contributed by atoms with Gasteiger partial charge in [0.05, 0.1) is 0 Å². The standard InChI is InChI=1S/C19H27N3O2.ClH/c1-4-21(2)18(23)13-6-5-7-14(10-13)19(24)22(3)17-11-15-8-9-16(12-17)20-15;/h5-7,10,15-17,20H,4,8-9,11-12H2,1-3H3;1H. The predicted molar refractivity (Wildman–Crippen MR) is 101 cm³/mol. The molecule has 6 heteroatoms. The maximum atomic E-state index is 12.9. The second kappa shape index (κ2) is 8.19. The van der Waals surface area contributed by atoms with E-state index in [-0.39, 0.29) is 30.3 Å². The summed E-state index contributed by atoms with van der Waals surface area (Å²) in [6, 6.07) is 8.49. The Bertz CT molecular complexity index is 625. The molecule has 2 saturated heterocycles. The lowest BCUT2D eigenvalue weighted by molar-refractivity contribution is 0.0681. The van der Waals surface area contributed by atoms with Crippen LogP contribution in [0.25, 0.3) is 0 Å². The van der Waals surface area contributed by atoms with Gasteiger partial charge < -0.3 is 15.1 Å². The maximum absolute atomic E-state index is 12.9. The quantitative estimate of drug-likeness (QED) is 0.892. The Morgan fingerprint density at radius 3 is 2.20 bits per heavy atom. The summed E-state index contributed by atoms with van der Waals surface area (Å²) in [6.07, 6.45) is 4.49. The molecule has 0 radical (unpaired) electrons. The number of nitrogens with zero attached hydrogens (tertiary/aromatic N) is 2. The molecule has 1 aromatic carbocycles. The number of benzene rings is 1. The van der Waals surface area contributed by atoms with Crippen LogP contribution < -0.4 is 5.32 Å². The molecular weight excluding hydrogens is 338 g/mol. The zero-order valence-electron chi connectivity index (χ0n) is 15.2. The van der Waals surface area contributed by atoms with Gasteiger partial charge in [0.1, 0.15) is 0 Å². The number of nitrogens with one attached hydrogen (secondary N) is 1. The second-order valence-electron chi connectivity index (χ2n) is 7.08. The third kappa shape index (κ3) is 4.15. The lowest BCUT2D eigenvalue weighted by Gasteiger charge is -2.35. The molecule has 5 nitrogen and oxygen atoms in total. The van der Waals surface area contributed by atoms with Gasteiger partial charge in [-0.1, -0.05) is 6.07 Å². The van der Waals surface area contributed by atoms with Gasteiger partial charge in [-0.2, -0.15) is 0 Å². The number of amides is 2. The van der Waals surface area contributed by atoms with Gasteiger partial charge in [-0.3, -0.25) is 9.59 Å². The van der Waals surface area contributed by atoms with Crippen molar-refractivity contribution >= 4 is 24.2 Å². The normalized spacial score (nSPS) is 24.4. The molecule has 0 saturated carbocycles. The summed E-state index contributed by atoms with van der Waals surface area (Å²) in [5.74, 6) is -0.0372. The zero-order chi connectivity index (χ0) is 17.3. The van der Waals surface area contributed by atoms with Crippen LogP contribution in [0.4, 0.5) is 0 Å². The van der Waals surface area contributed by atoms with Crippen LogP contribution in [0.1, 0.15) is 53.3 Å². The molecule has 2 aliphatic heterocycles. The van der Waals surface area contributed by atoms with Crippen LogP contribution in [-0.2, 0) is 0 Å². The third-order valence-corrected chi connectivity index (χ3v) is 5.49. The second-order valence-corrected chi connectivity index (χ2v) is 7.08. The van der Waals surface area contributed by atoms with Crippen LogP contribution in [0.15, 0.2) is 24.3 Å². The van der Waals surface area contributed by atoms with Gasteiger partial charge in [-0.05, 0) is 50.8 Å². The van der Waals surface area contributed by atoms with Gasteiger partial charge >= 0.3 is 0 Å². The number of fused-ring (bicyclic) bond motifs is 2. The third-order valence-electron chi connectivity index (χ3n) is 5.49. The fourth-order valence-electron chi connectivity index (χ4n) is 3.86. The Hall–Kier alpha value is -1.59. The van der Waals surface area contributed by atoms with Crippen LogP contribution in [0, 0.1) is 0 Å². The minimum Gasteiger partial charge on any atom is -0.342 e. The summed E-state index contributed by atoms with van der Waals surface area (Å²) >= 11 is 0. The van der Waals surface area contributed by atoms with E-state index < -0.39 is 0 Å². The van der Waals surface area contributed by atoms with E-state index in [2.05, 4.69) is 5.32 Å². The molecule has 2 fully saturated rings. The first kappa shape index (κ1) is 19.7. The summed E-state index contributed by atoms with van der Waals surface area (Å²) < 4.78 is 0. The maximum Gasteiger partial charge on any atom is 0.253 e. The summed E-state index contributed by atoms with van der Waals surface area (Å²) in [5.41, 5.74) is 1.17. The van der Waals surface area contributed by atoms with Crippen molar-refractivity contribution in [1.29, 1.82) is 0 Å². The summed E-state index contributed by atoms with van der Waals surface area (Å²) in [6.45, 7) is 2.58. The van der Waals surface area contributed by atoms with Crippen molar-refractivity contribution in [3.63, 3.8) is 0 Å². The largest absolute Gasteiger partial charge is 0.342 e. The van der Waals surface area contributed by atoms with Crippen LogP contribution in [0.2, 0.25) is 0 Å². The Morgan fingerprint density at radius 1 is 1.08 bits per heavy atom. The summed E-state index contributed by atoms with van der Waals surface area (Å²) in [4.78, 5) is 28.7. The van der Waals surface area contributed by atoms with Gasteiger partial charge in [0.25, 0.3) is 11.8 Å². The van der Waals surface area contributed by atoms with Crippen LogP contribution in [-0.4, -0.2) is 60.4 Å². The van der Waals surface area contributed by atoms with Crippen LogP contribution in [0.5, 0.6) is 0 Å². The van der Waals surface area contributed by atoms with Gasteiger partial charge in [-0.15, -0.1) is 12.4 Å². The molecule has 2 heterocycles. The van der Waals surface area contributed by atoms with E-state index in [1.807, 2.05) is 18.9 Å². The van der Waals surface area contributed by atoms with Crippen molar-refractivity contribution in [2.45, 2.75) is 50.7 Å². The molecule has 2 unspecified atom stereocenters. The van der Waals surface area contributed by atoms with Gasteiger partial charge in [0.2, 0.25) is 0 Å². The average Bonchev–Trinajstić information content (AvgIpc) is 2.96. The van der Waals surface area contributed by atoms with E-state index in [0.29, 0.717) is 29.8 Å². The van der Waals surface area contributed by atoms with Crippen molar-refractivity contribution in [3.8, 4) is 0 Å². The van der Waals surface area contributed by atoms with E-state index in [1.165, 1.54) is 12.8 Å². The summed E-state index contributed by atoms with van der Waals surface area (Å²) in [5, 5.41) is 3.61. The molecule has 0 aromatic heterocycles. The van der Waals surface area contributed by atoms with E-state index in [9.17, 15) is 9.59 Å². The number of carbonyl (C=O) groups excluding carboxylic acids is 2. The molecule has 2 amide bonds. The highest BCUT2D eigenvalue weighted by molar-refractivity contribution is 5.99. The first-order valence-electron chi connectivity index (χ1n) is 8.88. The highest BCUT2D eigenvalue weighted by Crippen LogP contribution is 2.29. The summed E-state index contributed by atoms with van der Waals surface area (Å²) in [7, 11) is 3.66. The van der Waals surface area contributed by atoms with Gasteiger partial charge in [0.15, 0.2) is 0 Å².